The monoisotopic (exact) mass is 334 g/mol. The normalized spacial score (nSPS) is 11.3. The van der Waals surface area contributed by atoms with Gasteiger partial charge in [0.15, 0.2) is 0 Å². The van der Waals surface area contributed by atoms with E-state index in [1.165, 1.54) is 4.68 Å². The lowest BCUT2D eigenvalue weighted by Gasteiger charge is -2.05. The third-order valence-corrected chi connectivity index (χ3v) is 4.47. The zero-order chi connectivity index (χ0) is 17.6. The van der Waals surface area contributed by atoms with Crippen LogP contribution in [0, 0.1) is 6.92 Å². The fraction of sp³-hybridized carbons (Fsp3) is 0.211. The van der Waals surface area contributed by atoms with Crippen LogP contribution in [0.3, 0.4) is 0 Å². The lowest BCUT2D eigenvalue weighted by molar-refractivity contribution is 0.415. The maximum absolute atomic E-state index is 13.0. The Hall–Kier alpha value is -3.15. The van der Waals surface area contributed by atoms with Gasteiger partial charge in [-0.1, -0.05) is 6.07 Å². The van der Waals surface area contributed by atoms with E-state index in [0.29, 0.717) is 12.1 Å². The smallest absolute Gasteiger partial charge is 0.291 e. The van der Waals surface area contributed by atoms with Gasteiger partial charge in [0.25, 0.3) is 5.56 Å². The number of ether oxygens (including phenoxy) is 1. The zero-order valence-corrected chi connectivity index (χ0v) is 14.4. The molecule has 0 spiro atoms. The standard InChI is InChI=1S/C19H18N4O2/c1-12-5-4-6-13(21-12)11-23-19(24)18-16(10-20-23)15-9-14(25-3)7-8-17(15)22(18)2/h4-10H,11H2,1-3H3. The molecule has 0 bridgehead atoms. The summed E-state index contributed by atoms with van der Waals surface area (Å²) in [5, 5.41) is 6.15. The van der Waals surface area contributed by atoms with Gasteiger partial charge in [0.05, 0.1) is 25.5 Å². The largest absolute Gasteiger partial charge is 0.497 e. The molecule has 4 rings (SSSR count). The maximum Gasteiger partial charge on any atom is 0.291 e. The van der Waals surface area contributed by atoms with Crippen molar-refractivity contribution < 1.29 is 4.74 Å². The first-order valence-corrected chi connectivity index (χ1v) is 8.03. The molecule has 25 heavy (non-hydrogen) atoms. The van der Waals surface area contributed by atoms with Gasteiger partial charge in [-0.15, -0.1) is 0 Å². The molecule has 0 aliphatic heterocycles. The topological polar surface area (TPSA) is 61.9 Å². The molecule has 0 N–H and O–H groups in total. The highest BCUT2D eigenvalue weighted by atomic mass is 16.5. The van der Waals surface area contributed by atoms with Crippen molar-refractivity contribution in [3.63, 3.8) is 0 Å². The summed E-state index contributed by atoms with van der Waals surface area (Å²) in [6.07, 6.45) is 1.74. The summed E-state index contributed by atoms with van der Waals surface area (Å²) >= 11 is 0. The summed E-state index contributed by atoms with van der Waals surface area (Å²) in [5.41, 5.74) is 3.21. The van der Waals surface area contributed by atoms with Crippen LogP contribution in [-0.4, -0.2) is 26.4 Å². The molecule has 0 aliphatic carbocycles. The molecule has 126 valence electrons. The summed E-state index contributed by atoms with van der Waals surface area (Å²) in [6.45, 7) is 2.28. The van der Waals surface area contributed by atoms with Crippen LogP contribution in [-0.2, 0) is 13.6 Å². The predicted octanol–water partition coefficient (Wildman–Crippen LogP) is 2.65. The summed E-state index contributed by atoms with van der Waals surface area (Å²) < 4.78 is 8.67. The average molecular weight is 334 g/mol. The van der Waals surface area contributed by atoms with Crippen LogP contribution >= 0.6 is 0 Å². The Labute approximate surface area is 144 Å². The molecule has 0 amide bonds. The number of hydrogen-bond donors (Lipinski definition) is 0. The van der Waals surface area contributed by atoms with Crippen LogP contribution in [0.15, 0.2) is 47.4 Å². The van der Waals surface area contributed by atoms with Crippen molar-refractivity contribution in [3.05, 3.63) is 64.3 Å². The second kappa shape index (κ2) is 5.73. The van der Waals surface area contributed by atoms with E-state index in [1.807, 2.05) is 54.9 Å². The van der Waals surface area contributed by atoms with Crippen LogP contribution in [0.25, 0.3) is 21.8 Å². The number of aryl methyl sites for hydroxylation is 2. The summed E-state index contributed by atoms with van der Waals surface area (Å²) in [7, 11) is 3.53. The number of nitrogens with zero attached hydrogens (tertiary/aromatic N) is 4. The van der Waals surface area contributed by atoms with Gasteiger partial charge < -0.3 is 9.30 Å². The van der Waals surface area contributed by atoms with Crippen LogP contribution in [0.2, 0.25) is 0 Å². The Morgan fingerprint density at radius 3 is 2.76 bits per heavy atom. The first-order valence-electron chi connectivity index (χ1n) is 8.03. The van der Waals surface area contributed by atoms with Gasteiger partial charge in [0.1, 0.15) is 11.3 Å². The number of methoxy groups -OCH3 is 1. The highest BCUT2D eigenvalue weighted by Crippen LogP contribution is 2.28. The molecular formula is C19H18N4O2. The number of pyridine rings is 1. The van der Waals surface area contributed by atoms with Gasteiger partial charge in [-0.25, -0.2) is 4.68 Å². The number of fused-ring (bicyclic) bond motifs is 3. The molecule has 0 radical (unpaired) electrons. The Kier molecular flexibility index (Phi) is 3.53. The fourth-order valence-electron chi connectivity index (χ4n) is 3.22. The fourth-order valence-corrected chi connectivity index (χ4v) is 3.22. The molecule has 0 unspecified atom stereocenters. The quantitative estimate of drug-likeness (QED) is 0.578. The number of rotatable bonds is 3. The molecule has 0 saturated carbocycles. The number of benzene rings is 1. The van der Waals surface area contributed by atoms with E-state index in [9.17, 15) is 4.79 Å². The van der Waals surface area contributed by atoms with E-state index >= 15 is 0 Å². The second-order valence-electron chi connectivity index (χ2n) is 6.08. The molecular weight excluding hydrogens is 316 g/mol. The van der Waals surface area contributed by atoms with Gasteiger partial charge in [-0.3, -0.25) is 9.78 Å². The molecule has 0 fully saturated rings. The van der Waals surface area contributed by atoms with E-state index in [2.05, 4.69) is 10.1 Å². The highest BCUT2D eigenvalue weighted by molar-refractivity contribution is 6.07. The van der Waals surface area contributed by atoms with Crippen LogP contribution in [0.1, 0.15) is 11.4 Å². The third kappa shape index (κ3) is 2.46. The Morgan fingerprint density at radius 1 is 1.16 bits per heavy atom. The molecule has 6 nitrogen and oxygen atoms in total. The Bertz CT molecular complexity index is 1160. The van der Waals surface area contributed by atoms with Crippen LogP contribution < -0.4 is 10.3 Å². The lowest BCUT2D eigenvalue weighted by atomic mass is 10.2. The summed E-state index contributed by atoms with van der Waals surface area (Å²) in [4.78, 5) is 17.4. The average Bonchev–Trinajstić information content (AvgIpc) is 2.90. The van der Waals surface area contributed by atoms with Gasteiger partial charge in [0.2, 0.25) is 0 Å². The van der Waals surface area contributed by atoms with E-state index in [0.717, 1.165) is 33.4 Å². The number of hydrogen-bond acceptors (Lipinski definition) is 4. The van der Waals surface area contributed by atoms with Crippen molar-refractivity contribution in [3.8, 4) is 5.75 Å². The van der Waals surface area contributed by atoms with Crippen molar-refractivity contribution in [1.82, 2.24) is 19.3 Å². The maximum atomic E-state index is 13.0. The molecule has 1 aromatic carbocycles. The van der Waals surface area contributed by atoms with E-state index in [-0.39, 0.29) is 5.56 Å². The minimum Gasteiger partial charge on any atom is -0.497 e. The molecule has 0 saturated heterocycles. The molecule has 3 aromatic heterocycles. The number of aromatic nitrogens is 4. The predicted molar refractivity (Wildman–Crippen MR) is 97.1 cm³/mol. The Morgan fingerprint density at radius 2 is 2.00 bits per heavy atom. The summed E-state index contributed by atoms with van der Waals surface area (Å²) in [6, 6.07) is 11.6. The molecule has 3 heterocycles. The first kappa shape index (κ1) is 15.4. The van der Waals surface area contributed by atoms with Crippen molar-refractivity contribution in [1.29, 1.82) is 0 Å². The van der Waals surface area contributed by atoms with Crippen molar-refractivity contribution in [2.45, 2.75) is 13.5 Å². The van der Waals surface area contributed by atoms with Gasteiger partial charge in [-0.2, -0.15) is 5.10 Å². The van der Waals surface area contributed by atoms with E-state index in [4.69, 9.17) is 4.74 Å². The Balaban J connectivity index is 1.92. The SMILES string of the molecule is COc1ccc2c(c1)c1cnn(Cc3cccc(C)n3)c(=O)c1n2C. The first-order chi connectivity index (χ1) is 12.1. The van der Waals surface area contributed by atoms with Crippen molar-refractivity contribution in [2.75, 3.05) is 7.11 Å². The third-order valence-electron chi connectivity index (χ3n) is 4.47. The van der Waals surface area contributed by atoms with Gasteiger partial charge in [-0.05, 0) is 37.3 Å². The van der Waals surface area contributed by atoms with Crippen LogP contribution in [0.5, 0.6) is 5.75 Å². The van der Waals surface area contributed by atoms with Crippen molar-refractivity contribution in [2.24, 2.45) is 7.05 Å². The highest BCUT2D eigenvalue weighted by Gasteiger charge is 2.15. The minimum absolute atomic E-state index is 0.126. The molecule has 6 heteroatoms. The second-order valence-corrected chi connectivity index (χ2v) is 6.08. The molecule has 0 atom stereocenters. The minimum atomic E-state index is -0.126. The van der Waals surface area contributed by atoms with E-state index < -0.39 is 0 Å². The molecule has 4 aromatic rings. The summed E-state index contributed by atoms with van der Waals surface area (Å²) in [5.74, 6) is 0.758. The van der Waals surface area contributed by atoms with Crippen LogP contribution in [0.4, 0.5) is 0 Å². The van der Waals surface area contributed by atoms with Crippen molar-refractivity contribution >= 4 is 21.8 Å². The van der Waals surface area contributed by atoms with Gasteiger partial charge >= 0.3 is 0 Å². The van der Waals surface area contributed by atoms with E-state index in [1.54, 1.807) is 13.3 Å². The lowest BCUT2D eigenvalue weighted by Crippen LogP contribution is -2.24. The zero-order valence-electron chi connectivity index (χ0n) is 14.4. The van der Waals surface area contributed by atoms with Gasteiger partial charge in [0, 0.05) is 29.0 Å². The molecule has 0 aliphatic rings.